The molecule has 1 heterocycles. The Balaban J connectivity index is 2.29. The summed E-state index contributed by atoms with van der Waals surface area (Å²) in [5, 5.41) is -0.0705. The molecule has 0 spiro atoms. The minimum absolute atomic E-state index is 0.0705. The number of alkyl halides is 1. The van der Waals surface area contributed by atoms with Gasteiger partial charge < -0.3 is 4.42 Å². The van der Waals surface area contributed by atoms with Gasteiger partial charge in [-0.1, -0.05) is 33.8 Å². The Morgan fingerprint density at radius 3 is 2.57 bits per heavy atom. The molecule has 4 heteroatoms. The zero-order chi connectivity index (χ0) is 15.8. The van der Waals surface area contributed by atoms with Crippen LogP contribution in [0.3, 0.4) is 0 Å². The van der Waals surface area contributed by atoms with Gasteiger partial charge in [0.15, 0.2) is 5.58 Å². The highest BCUT2D eigenvalue weighted by molar-refractivity contribution is 6.20. The van der Waals surface area contributed by atoms with E-state index in [4.69, 9.17) is 16.0 Å². The highest BCUT2D eigenvalue weighted by Gasteiger charge is 2.24. The van der Waals surface area contributed by atoms with Crippen molar-refractivity contribution in [1.29, 1.82) is 0 Å². The van der Waals surface area contributed by atoms with Crippen LogP contribution in [0.25, 0.3) is 11.1 Å². The fourth-order valence-corrected chi connectivity index (χ4v) is 2.78. The molecule has 1 aromatic heterocycles. The first-order valence-electron chi connectivity index (χ1n) is 7.51. The van der Waals surface area contributed by atoms with Gasteiger partial charge in [-0.3, -0.25) is 4.57 Å². The van der Waals surface area contributed by atoms with E-state index < -0.39 is 0 Å². The molecule has 0 saturated heterocycles. The van der Waals surface area contributed by atoms with Gasteiger partial charge in [0.25, 0.3) is 0 Å². The first-order valence-corrected chi connectivity index (χ1v) is 7.95. The smallest absolute Gasteiger partial charge is 0.408 e. The molecule has 0 N–H and O–H groups in total. The maximum Gasteiger partial charge on any atom is 0.419 e. The van der Waals surface area contributed by atoms with Crippen LogP contribution in [0.2, 0.25) is 0 Å². The van der Waals surface area contributed by atoms with Crippen LogP contribution in [0, 0.1) is 11.3 Å². The molecule has 0 aliphatic heterocycles. The molecule has 21 heavy (non-hydrogen) atoms. The van der Waals surface area contributed by atoms with Crippen molar-refractivity contribution in [2.45, 2.75) is 53.0 Å². The number of fused-ring (bicyclic) bond motifs is 1. The Bertz CT molecular complexity index is 678. The lowest BCUT2D eigenvalue weighted by Crippen LogP contribution is -2.18. The summed E-state index contributed by atoms with van der Waals surface area (Å²) >= 11 is 6.56. The molecule has 0 bridgehead atoms. The minimum Gasteiger partial charge on any atom is -0.408 e. The van der Waals surface area contributed by atoms with Crippen molar-refractivity contribution in [2.75, 3.05) is 0 Å². The van der Waals surface area contributed by atoms with Crippen LogP contribution in [0.15, 0.2) is 27.4 Å². The largest absolute Gasteiger partial charge is 0.419 e. The second-order valence-electron chi connectivity index (χ2n) is 6.81. The van der Waals surface area contributed by atoms with E-state index in [9.17, 15) is 4.79 Å². The number of nitrogens with zero attached hydrogens (tertiary/aromatic N) is 1. The van der Waals surface area contributed by atoms with E-state index >= 15 is 0 Å². The van der Waals surface area contributed by atoms with Crippen LogP contribution in [-0.4, -0.2) is 4.57 Å². The van der Waals surface area contributed by atoms with Gasteiger partial charge in [-0.05, 0) is 42.4 Å². The van der Waals surface area contributed by atoms with Crippen LogP contribution in [0.1, 0.15) is 52.0 Å². The standard InChI is InChI=1S/C17H24ClNO2/c1-6-19-14-8-7-12(10-15(14)21-16(19)20)13(18)9-11(2)17(3,4)5/h7-8,10-11,13H,6,9H2,1-5H3. The molecule has 2 aromatic rings. The van der Waals surface area contributed by atoms with Crippen molar-refractivity contribution < 1.29 is 4.42 Å². The Morgan fingerprint density at radius 1 is 1.33 bits per heavy atom. The summed E-state index contributed by atoms with van der Waals surface area (Å²) in [4.78, 5) is 11.7. The van der Waals surface area contributed by atoms with Gasteiger partial charge in [-0.25, -0.2) is 4.79 Å². The van der Waals surface area contributed by atoms with Crippen LogP contribution in [0.5, 0.6) is 0 Å². The van der Waals surface area contributed by atoms with Crippen LogP contribution >= 0.6 is 11.6 Å². The van der Waals surface area contributed by atoms with Crippen LogP contribution in [-0.2, 0) is 6.54 Å². The average molecular weight is 310 g/mol. The van der Waals surface area contributed by atoms with Gasteiger partial charge in [0, 0.05) is 6.54 Å². The monoisotopic (exact) mass is 309 g/mol. The second kappa shape index (κ2) is 5.88. The van der Waals surface area contributed by atoms with E-state index in [1.54, 1.807) is 4.57 Å². The molecule has 2 atom stereocenters. The maximum absolute atomic E-state index is 11.7. The molecule has 3 nitrogen and oxygen atoms in total. The zero-order valence-corrected chi connectivity index (χ0v) is 14.2. The Kier molecular flexibility index (Phi) is 4.52. The van der Waals surface area contributed by atoms with Crippen LogP contribution in [0.4, 0.5) is 0 Å². The molecule has 0 saturated carbocycles. The number of aromatic nitrogens is 1. The quantitative estimate of drug-likeness (QED) is 0.748. The van der Waals surface area contributed by atoms with Crippen molar-refractivity contribution in [3.05, 3.63) is 34.3 Å². The first kappa shape index (κ1) is 16.2. The number of benzene rings is 1. The molecule has 116 valence electrons. The van der Waals surface area contributed by atoms with E-state index in [0.29, 0.717) is 18.0 Å². The summed E-state index contributed by atoms with van der Waals surface area (Å²) in [7, 11) is 0. The molecule has 0 radical (unpaired) electrons. The summed E-state index contributed by atoms with van der Waals surface area (Å²) in [5.41, 5.74) is 2.69. The van der Waals surface area contributed by atoms with Gasteiger partial charge in [-0.15, -0.1) is 11.6 Å². The molecule has 0 aliphatic carbocycles. The summed E-state index contributed by atoms with van der Waals surface area (Å²) < 4.78 is 6.93. The topological polar surface area (TPSA) is 35.1 Å². The summed E-state index contributed by atoms with van der Waals surface area (Å²) in [6, 6.07) is 5.82. The summed E-state index contributed by atoms with van der Waals surface area (Å²) in [5.74, 6) is 0.196. The predicted octanol–water partition coefficient (Wildman–Crippen LogP) is 4.97. The second-order valence-corrected chi connectivity index (χ2v) is 7.34. The van der Waals surface area contributed by atoms with Gasteiger partial charge in [0.1, 0.15) is 0 Å². The van der Waals surface area contributed by atoms with E-state index in [-0.39, 0.29) is 16.5 Å². The third-order valence-electron chi connectivity index (χ3n) is 4.41. The Hall–Kier alpha value is -1.22. The lowest BCUT2D eigenvalue weighted by Gasteiger charge is -2.29. The lowest BCUT2D eigenvalue weighted by atomic mass is 9.79. The van der Waals surface area contributed by atoms with Crippen molar-refractivity contribution in [1.82, 2.24) is 4.57 Å². The van der Waals surface area contributed by atoms with Crippen molar-refractivity contribution in [2.24, 2.45) is 11.3 Å². The maximum atomic E-state index is 11.7. The normalized spacial score (nSPS) is 15.3. The van der Waals surface area contributed by atoms with Crippen LogP contribution < -0.4 is 5.76 Å². The Morgan fingerprint density at radius 2 is 2.00 bits per heavy atom. The molecule has 0 amide bonds. The van der Waals surface area contributed by atoms with Crippen molar-refractivity contribution in [3.8, 4) is 0 Å². The SMILES string of the molecule is CCn1c(=O)oc2cc(C(Cl)CC(C)C(C)(C)C)ccc21. The first-order chi connectivity index (χ1) is 9.74. The number of hydrogen-bond acceptors (Lipinski definition) is 2. The van der Waals surface area contributed by atoms with Gasteiger partial charge in [0.05, 0.1) is 10.9 Å². The van der Waals surface area contributed by atoms with E-state index in [2.05, 4.69) is 27.7 Å². The third-order valence-corrected chi connectivity index (χ3v) is 4.84. The fourth-order valence-electron chi connectivity index (χ4n) is 2.38. The number of oxazole rings is 1. The van der Waals surface area contributed by atoms with Crippen molar-refractivity contribution in [3.63, 3.8) is 0 Å². The predicted molar refractivity (Wildman–Crippen MR) is 88.0 cm³/mol. The van der Waals surface area contributed by atoms with Gasteiger partial charge >= 0.3 is 5.76 Å². The van der Waals surface area contributed by atoms with E-state index in [1.165, 1.54) is 0 Å². The molecule has 2 rings (SSSR count). The highest BCUT2D eigenvalue weighted by Crippen LogP contribution is 2.37. The minimum atomic E-state index is -0.307. The Labute approximate surface area is 130 Å². The number of halogens is 1. The molecule has 0 aliphatic rings. The number of aryl methyl sites for hydroxylation is 1. The number of rotatable bonds is 4. The van der Waals surface area contributed by atoms with E-state index in [0.717, 1.165) is 17.5 Å². The third kappa shape index (κ3) is 3.34. The molecular formula is C17H24ClNO2. The fraction of sp³-hybridized carbons (Fsp3) is 0.588. The zero-order valence-electron chi connectivity index (χ0n) is 13.4. The van der Waals surface area contributed by atoms with Gasteiger partial charge in [-0.2, -0.15) is 0 Å². The summed E-state index contributed by atoms with van der Waals surface area (Å²) in [6.07, 6.45) is 0.898. The highest BCUT2D eigenvalue weighted by atomic mass is 35.5. The van der Waals surface area contributed by atoms with Crippen molar-refractivity contribution >= 4 is 22.7 Å². The molecule has 1 aromatic carbocycles. The van der Waals surface area contributed by atoms with E-state index in [1.807, 2.05) is 25.1 Å². The number of hydrogen-bond donors (Lipinski definition) is 0. The molecular weight excluding hydrogens is 286 g/mol. The molecule has 2 unspecified atom stereocenters. The lowest BCUT2D eigenvalue weighted by molar-refractivity contribution is 0.245. The molecule has 0 fully saturated rings. The average Bonchev–Trinajstić information content (AvgIpc) is 2.71. The van der Waals surface area contributed by atoms with Gasteiger partial charge in [0.2, 0.25) is 0 Å². The summed E-state index contributed by atoms with van der Waals surface area (Å²) in [6.45, 7) is 11.4.